The summed E-state index contributed by atoms with van der Waals surface area (Å²) in [5, 5.41) is 22.9. The van der Waals surface area contributed by atoms with Gasteiger partial charge in [-0.25, -0.2) is 4.68 Å². The Kier molecular flexibility index (Phi) is 7.65. The lowest BCUT2D eigenvalue weighted by Crippen LogP contribution is -2.32. The highest BCUT2D eigenvalue weighted by Gasteiger charge is 2.38. The minimum atomic E-state index is -0.999. The van der Waals surface area contributed by atoms with Crippen LogP contribution in [0.3, 0.4) is 0 Å². The van der Waals surface area contributed by atoms with Crippen molar-refractivity contribution in [1.29, 1.82) is 0 Å². The summed E-state index contributed by atoms with van der Waals surface area (Å²) >= 11 is 0. The molecule has 13 nitrogen and oxygen atoms in total. The van der Waals surface area contributed by atoms with Gasteiger partial charge in [-0.3, -0.25) is 14.9 Å². The summed E-state index contributed by atoms with van der Waals surface area (Å²) in [6.07, 6.45) is 0. The van der Waals surface area contributed by atoms with E-state index in [1.165, 1.54) is 39.2 Å². The van der Waals surface area contributed by atoms with Crippen LogP contribution < -0.4 is 29.6 Å². The molecule has 0 saturated carbocycles. The van der Waals surface area contributed by atoms with E-state index in [2.05, 4.69) is 15.6 Å². The van der Waals surface area contributed by atoms with Crippen LogP contribution in [0.1, 0.15) is 18.5 Å². The molecule has 216 valence electrons. The van der Waals surface area contributed by atoms with E-state index in [1.807, 2.05) is 0 Å². The predicted molar refractivity (Wildman–Crippen MR) is 154 cm³/mol. The molecule has 3 aromatic carbocycles. The number of carbonyl (C=O) groups is 1. The number of nitro benzene ring substituents is 1. The number of amides is 1. The van der Waals surface area contributed by atoms with E-state index in [9.17, 15) is 14.9 Å². The molecule has 1 atom stereocenters. The van der Waals surface area contributed by atoms with Gasteiger partial charge in [0.05, 0.1) is 50.2 Å². The Hall–Kier alpha value is -5.59. The molecule has 2 heterocycles. The Labute approximate surface area is 240 Å². The van der Waals surface area contributed by atoms with Gasteiger partial charge < -0.3 is 29.6 Å². The van der Waals surface area contributed by atoms with Crippen molar-refractivity contribution in [1.82, 2.24) is 14.8 Å². The fraction of sp³-hybridized carbons (Fsp3) is 0.207. The maximum Gasteiger partial charge on any atom is 0.275 e. The van der Waals surface area contributed by atoms with E-state index < -0.39 is 16.9 Å². The monoisotopic (exact) mass is 572 g/mol. The van der Waals surface area contributed by atoms with Gasteiger partial charge in [-0.2, -0.15) is 4.98 Å². The Balaban J connectivity index is 1.67. The first-order valence-corrected chi connectivity index (χ1v) is 12.7. The predicted octanol–water partition coefficient (Wildman–Crippen LogP) is 4.82. The molecule has 4 aromatic rings. The van der Waals surface area contributed by atoms with Crippen LogP contribution in [0.2, 0.25) is 0 Å². The van der Waals surface area contributed by atoms with Crippen LogP contribution in [0.15, 0.2) is 71.9 Å². The number of benzene rings is 3. The fourth-order valence-electron chi connectivity index (χ4n) is 4.89. The zero-order valence-electron chi connectivity index (χ0n) is 23.5. The van der Waals surface area contributed by atoms with Crippen molar-refractivity contribution in [3.8, 4) is 34.4 Å². The zero-order chi connectivity index (χ0) is 30.0. The van der Waals surface area contributed by atoms with Crippen molar-refractivity contribution >= 4 is 23.2 Å². The highest BCUT2D eigenvalue weighted by atomic mass is 16.6. The molecule has 0 bridgehead atoms. The summed E-state index contributed by atoms with van der Waals surface area (Å²) in [6, 6.07) is 15.6. The fourth-order valence-corrected chi connectivity index (χ4v) is 4.89. The highest BCUT2D eigenvalue weighted by Crippen LogP contribution is 2.43. The molecule has 5 rings (SSSR count). The van der Waals surface area contributed by atoms with E-state index >= 15 is 0 Å². The first-order valence-electron chi connectivity index (χ1n) is 12.7. The van der Waals surface area contributed by atoms with Gasteiger partial charge >= 0.3 is 0 Å². The quantitative estimate of drug-likeness (QED) is 0.211. The minimum Gasteiger partial charge on any atom is -0.495 e. The smallest absolute Gasteiger partial charge is 0.275 e. The second-order valence-electron chi connectivity index (χ2n) is 9.15. The van der Waals surface area contributed by atoms with Crippen LogP contribution >= 0.6 is 0 Å². The molecule has 1 unspecified atom stereocenters. The number of fused-ring (bicyclic) bond motifs is 1. The first kappa shape index (κ1) is 28.0. The zero-order valence-corrected chi connectivity index (χ0v) is 23.5. The van der Waals surface area contributed by atoms with Crippen LogP contribution in [-0.2, 0) is 4.79 Å². The molecule has 0 fully saturated rings. The molecular weight excluding hydrogens is 544 g/mol. The number of nitrogens with zero attached hydrogens (tertiary/aromatic N) is 4. The Morgan fingerprint density at radius 1 is 0.952 bits per heavy atom. The van der Waals surface area contributed by atoms with E-state index in [0.29, 0.717) is 39.9 Å². The summed E-state index contributed by atoms with van der Waals surface area (Å²) in [5.41, 5.74) is 1.72. The number of hydrogen-bond donors (Lipinski definition) is 2. The lowest BCUT2D eigenvalue weighted by Gasteiger charge is -2.28. The maximum atomic E-state index is 13.9. The molecule has 1 aliphatic rings. The summed E-state index contributed by atoms with van der Waals surface area (Å²) in [6.45, 7) is 1.70. The average molecular weight is 573 g/mol. The maximum absolute atomic E-state index is 13.9. The number of para-hydroxylation sites is 3. The van der Waals surface area contributed by atoms with Crippen molar-refractivity contribution in [3.05, 3.63) is 87.6 Å². The number of allylic oxidation sites excluding steroid dienone is 1. The summed E-state index contributed by atoms with van der Waals surface area (Å²) in [5.74, 6) is 1.71. The Morgan fingerprint density at radius 2 is 1.60 bits per heavy atom. The number of ether oxygens (including phenoxy) is 4. The second-order valence-corrected chi connectivity index (χ2v) is 9.15. The van der Waals surface area contributed by atoms with Crippen LogP contribution in [0.4, 0.5) is 17.3 Å². The van der Waals surface area contributed by atoms with Gasteiger partial charge in [0.25, 0.3) is 11.6 Å². The largest absolute Gasteiger partial charge is 0.495 e. The Bertz CT molecular complexity index is 1690. The molecule has 0 spiro atoms. The van der Waals surface area contributed by atoms with Gasteiger partial charge in [-0.1, -0.05) is 24.3 Å². The summed E-state index contributed by atoms with van der Waals surface area (Å²) in [7, 11) is 6.00. The number of anilines is 2. The molecule has 42 heavy (non-hydrogen) atoms. The minimum absolute atomic E-state index is 0.171. The van der Waals surface area contributed by atoms with Crippen molar-refractivity contribution in [2.75, 3.05) is 39.1 Å². The molecule has 1 aliphatic heterocycles. The van der Waals surface area contributed by atoms with Gasteiger partial charge in [-0.05, 0) is 37.3 Å². The summed E-state index contributed by atoms with van der Waals surface area (Å²) in [4.78, 5) is 30.2. The second kappa shape index (κ2) is 11.5. The van der Waals surface area contributed by atoms with Crippen LogP contribution in [-0.4, -0.2) is 54.0 Å². The molecule has 13 heteroatoms. The number of rotatable bonds is 9. The van der Waals surface area contributed by atoms with Gasteiger partial charge in [0.15, 0.2) is 17.3 Å². The van der Waals surface area contributed by atoms with Crippen LogP contribution in [0.25, 0.3) is 11.4 Å². The van der Waals surface area contributed by atoms with Crippen molar-refractivity contribution in [2.45, 2.75) is 13.0 Å². The number of carbonyl (C=O) groups excluding carboxylic acids is 1. The third kappa shape index (κ3) is 4.91. The Morgan fingerprint density at radius 3 is 2.24 bits per heavy atom. The SMILES string of the molecule is COc1ccccc1NC(=O)C1=C(C)Nc2nc(-c3cc(OC)c(OC)c(OC)c3)nn2C1c1ccccc1[N+](=O)[O-]. The van der Waals surface area contributed by atoms with Crippen molar-refractivity contribution in [2.24, 2.45) is 0 Å². The molecule has 1 amide bonds. The van der Waals surface area contributed by atoms with E-state index in [1.54, 1.807) is 61.5 Å². The number of hydrogen-bond acceptors (Lipinski definition) is 10. The molecule has 0 aliphatic carbocycles. The average Bonchev–Trinajstić information content (AvgIpc) is 3.43. The van der Waals surface area contributed by atoms with E-state index in [0.717, 1.165) is 0 Å². The number of nitrogens with one attached hydrogen (secondary N) is 2. The molecule has 1 aromatic heterocycles. The van der Waals surface area contributed by atoms with E-state index in [4.69, 9.17) is 24.0 Å². The van der Waals surface area contributed by atoms with E-state index in [-0.39, 0.29) is 28.6 Å². The third-order valence-electron chi connectivity index (χ3n) is 6.80. The number of methoxy groups -OCH3 is 4. The van der Waals surface area contributed by atoms with Crippen LogP contribution in [0.5, 0.6) is 23.0 Å². The molecule has 0 radical (unpaired) electrons. The lowest BCUT2D eigenvalue weighted by molar-refractivity contribution is -0.385. The summed E-state index contributed by atoms with van der Waals surface area (Å²) < 4.78 is 23.3. The third-order valence-corrected chi connectivity index (χ3v) is 6.80. The van der Waals surface area contributed by atoms with Crippen molar-refractivity contribution in [3.63, 3.8) is 0 Å². The molecule has 2 N–H and O–H groups in total. The van der Waals surface area contributed by atoms with Gasteiger partial charge in [0.1, 0.15) is 11.8 Å². The van der Waals surface area contributed by atoms with Crippen molar-refractivity contribution < 1.29 is 28.7 Å². The molecular formula is C29H28N6O7. The van der Waals surface area contributed by atoms with Gasteiger partial charge in [0.2, 0.25) is 11.7 Å². The highest BCUT2D eigenvalue weighted by molar-refractivity contribution is 6.06. The first-order chi connectivity index (χ1) is 20.3. The normalized spacial score (nSPS) is 14.0. The topological polar surface area (TPSA) is 152 Å². The van der Waals surface area contributed by atoms with Gasteiger partial charge in [0, 0.05) is 17.3 Å². The van der Waals surface area contributed by atoms with Crippen LogP contribution in [0, 0.1) is 10.1 Å². The standard InChI is InChI=1S/C29H28N6O7/c1-16-24(28(36)31-19-11-7-9-13-21(19)39-2)25(18-10-6-8-12-20(18)35(37)38)34-29(30-16)32-27(33-34)17-14-22(40-3)26(42-5)23(15-17)41-4/h6-15,25H,1-5H3,(H,31,36)(H,30,32,33). The number of nitro groups is 1. The number of aromatic nitrogens is 3. The van der Waals surface area contributed by atoms with Gasteiger partial charge in [-0.15, -0.1) is 5.10 Å². The lowest BCUT2D eigenvalue weighted by atomic mass is 9.93. The molecule has 0 saturated heterocycles.